The fourth-order valence-electron chi connectivity index (χ4n) is 2.96. The van der Waals surface area contributed by atoms with Gasteiger partial charge in [-0.3, -0.25) is 4.79 Å². The molecule has 1 fully saturated rings. The predicted octanol–water partition coefficient (Wildman–Crippen LogP) is 2.46. The maximum Gasteiger partial charge on any atom is 0.229 e. The number of hydrogen-bond donors (Lipinski definition) is 1. The predicted molar refractivity (Wildman–Crippen MR) is 86.9 cm³/mol. The Hall–Kier alpha value is -1.66. The van der Waals surface area contributed by atoms with Gasteiger partial charge in [-0.1, -0.05) is 0 Å². The topological polar surface area (TPSA) is 58.4 Å². The first-order valence-electron chi connectivity index (χ1n) is 7.62. The molecule has 1 saturated heterocycles. The van der Waals surface area contributed by atoms with Crippen molar-refractivity contribution in [1.29, 1.82) is 0 Å². The summed E-state index contributed by atoms with van der Waals surface area (Å²) in [6, 6.07) is 2.28. The molecule has 1 amide bonds. The minimum atomic E-state index is 0.144. The third-order valence-electron chi connectivity index (χ3n) is 4.12. The number of aryl methyl sites for hydroxylation is 1. The molecule has 0 bridgehead atoms. The van der Waals surface area contributed by atoms with Gasteiger partial charge in [0.1, 0.15) is 5.76 Å². The standard InChI is InChI=1S/C16H21N3O2S/c1-11-14(18-16(21-11)12-5-7-22-10-12)8-15(20)19-6-3-4-13(19)9-17-2/h5,7,10,13,17H,3-4,6,8-9H2,1-2H3. The number of carbonyl (C=O) groups is 1. The smallest absolute Gasteiger partial charge is 0.229 e. The molecule has 0 aromatic carbocycles. The van der Waals surface area contributed by atoms with Crippen LogP contribution in [0.15, 0.2) is 21.2 Å². The second kappa shape index (κ2) is 6.62. The van der Waals surface area contributed by atoms with Crippen LogP contribution < -0.4 is 5.32 Å². The molecule has 1 aliphatic heterocycles. The van der Waals surface area contributed by atoms with Crippen molar-refractivity contribution in [2.24, 2.45) is 0 Å². The Balaban J connectivity index is 1.71. The van der Waals surface area contributed by atoms with Crippen LogP contribution in [0.5, 0.6) is 0 Å². The Morgan fingerprint density at radius 3 is 3.18 bits per heavy atom. The van der Waals surface area contributed by atoms with E-state index in [1.54, 1.807) is 11.3 Å². The molecule has 6 heteroatoms. The molecule has 0 aliphatic carbocycles. The molecule has 3 heterocycles. The monoisotopic (exact) mass is 319 g/mol. The molecule has 0 radical (unpaired) electrons. The van der Waals surface area contributed by atoms with Crippen LogP contribution in [0.1, 0.15) is 24.3 Å². The molecular weight excluding hydrogens is 298 g/mol. The van der Waals surface area contributed by atoms with Crippen molar-refractivity contribution < 1.29 is 9.21 Å². The van der Waals surface area contributed by atoms with Gasteiger partial charge >= 0.3 is 0 Å². The molecular formula is C16H21N3O2S. The summed E-state index contributed by atoms with van der Waals surface area (Å²) in [5.74, 6) is 1.49. The third-order valence-corrected chi connectivity index (χ3v) is 4.80. The van der Waals surface area contributed by atoms with Crippen molar-refractivity contribution in [3.8, 4) is 11.5 Å². The highest BCUT2D eigenvalue weighted by atomic mass is 32.1. The van der Waals surface area contributed by atoms with Crippen LogP contribution in [-0.2, 0) is 11.2 Å². The number of rotatable bonds is 5. The molecule has 1 N–H and O–H groups in total. The van der Waals surface area contributed by atoms with Crippen molar-refractivity contribution in [3.05, 3.63) is 28.3 Å². The summed E-state index contributed by atoms with van der Waals surface area (Å²) in [5.41, 5.74) is 1.72. The maximum atomic E-state index is 12.6. The maximum absolute atomic E-state index is 12.6. The van der Waals surface area contributed by atoms with Gasteiger partial charge in [-0.2, -0.15) is 11.3 Å². The Morgan fingerprint density at radius 1 is 1.59 bits per heavy atom. The van der Waals surface area contributed by atoms with E-state index in [0.717, 1.165) is 42.9 Å². The zero-order chi connectivity index (χ0) is 15.5. The van der Waals surface area contributed by atoms with Gasteiger partial charge in [0.15, 0.2) is 0 Å². The van der Waals surface area contributed by atoms with E-state index in [-0.39, 0.29) is 5.91 Å². The highest BCUT2D eigenvalue weighted by Crippen LogP contribution is 2.25. The van der Waals surface area contributed by atoms with Gasteiger partial charge in [-0.05, 0) is 38.3 Å². The summed E-state index contributed by atoms with van der Waals surface area (Å²) in [5, 5.41) is 7.16. The van der Waals surface area contributed by atoms with Crippen LogP contribution in [0, 0.1) is 6.92 Å². The van der Waals surface area contributed by atoms with Gasteiger partial charge in [0.25, 0.3) is 0 Å². The van der Waals surface area contributed by atoms with Crippen LogP contribution in [0.25, 0.3) is 11.5 Å². The van der Waals surface area contributed by atoms with E-state index in [2.05, 4.69) is 10.3 Å². The summed E-state index contributed by atoms with van der Waals surface area (Å²) in [6.07, 6.45) is 2.47. The minimum Gasteiger partial charge on any atom is -0.441 e. The van der Waals surface area contributed by atoms with Crippen LogP contribution >= 0.6 is 11.3 Å². The molecule has 2 aromatic heterocycles. The zero-order valence-corrected chi connectivity index (χ0v) is 13.8. The molecule has 1 aliphatic rings. The van der Waals surface area contributed by atoms with Crippen LogP contribution in [0.2, 0.25) is 0 Å². The number of nitrogens with zero attached hydrogens (tertiary/aromatic N) is 2. The fraction of sp³-hybridized carbons (Fsp3) is 0.500. The van der Waals surface area contributed by atoms with Crippen LogP contribution in [0.3, 0.4) is 0 Å². The second-order valence-electron chi connectivity index (χ2n) is 5.65. The van der Waals surface area contributed by atoms with Gasteiger partial charge < -0.3 is 14.6 Å². The summed E-state index contributed by atoms with van der Waals surface area (Å²) in [4.78, 5) is 19.1. The average molecular weight is 319 g/mol. The summed E-state index contributed by atoms with van der Waals surface area (Å²) < 4.78 is 5.71. The van der Waals surface area contributed by atoms with Crippen molar-refractivity contribution in [1.82, 2.24) is 15.2 Å². The quantitative estimate of drug-likeness (QED) is 0.920. The Kier molecular flexibility index (Phi) is 4.59. The molecule has 22 heavy (non-hydrogen) atoms. The molecule has 0 spiro atoms. The lowest BCUT2D eigenvalue weighted by molar-refractivity contribution is -0.131. The number of amides is 1. The Morgan fingerprint density at radius 2 is 2.45 bits per heavy atom. The van der Waals surface area contributed by atoms with Crippen LogP contribution in [0.4, 0.5) is 0 Å². The number of carbonyl (C=O) groups excluding carboxylic acids is 1. The fourth-order valence-corrected chi connectivity index (χ4v) is 3.59. The van der Waals surface area contributed by atoms with Crippen molar-refractivity contribution in [3.63, 3.8) is 0 Å². The SMILES string of the molecule is CNCC1CCCN1C(=O)Cc1nc(-c2ccsc2)oc1C. The molecule has 118 valence electrons. The van der Waals surface area contributed by atoms with Gasteiger partial charge in [0, 0.05) is 30.1 Å². The Labute approximate surface area is 134 Å². The van der Waals surface area contributed by atoms with E-state index in [1.807, 2.05) is 35.7 Å². The summed E-state index contributed by atoms with van der Waals surface area (Å²) >= 11 is 1.61. The lowest BCUT2D eigenvalue weighted by atomic mass is 10.2. The molecule has 1 unspecified atom stereocenters. The Bertz CT molecular complexity index is 636. The van der Waals surface area contributed by atoms with E-state index in [9.17, 15) is 4.79 Å². The number of oxazole rings is 1. The van der Waals surface area contributed by atoms with Crippen LogP contribution in [-0.4, -0.2) is 42.0 Å². The molecule has 0 saturated carbocycles. The van der Waals surface area contributed by atoms with E-state index in [4.69, 9.17) is 4.42 Å². The first kappa shape index (κ1) is 15.2. The number of likely N-dealkylation sites (N-methyl/N-ethyl adjacent to an activating group) is 1. The lowest BCUT2D eigenvalue weighted by Crippen LogP contribution is -2.41. The first-order valence-corrected chi connectivity index (χ1v) is 8.56. The highest BCUT2D eigenvalue weighted by Gasteiger charge is 2.29. The average Bonchev–Trinajstić information content (AvgIpc) is 3.21. The molecule has 5 nitrogen and oxygen atoms in total. The van der Waals surface area contributed by atoms with Gasteiger partial charge in [-0.25, -0.2) is 4.98 Å². The number of likely N-dealkylation sites (tertiary alicyclic amines) is 1. The number of nitrogens with one attached hydrogen (secondary N) is 1. The van der Waals surface area contributed by atoms with E-state index in [1.165, 1.54) is 0 Å². The largest absolute Gasteiger partial charge is 0.441 e. The number of thiophene rings is 1. The van der Waals surface area contributed by atoms with E-state index >= 15 is 0 Å². The van der Waals surface area contributed by atoms with Gasteiger partial charge in [-0.15, -0.1) is 0 Å². The number of aromatic nitrogens is 1. The normalized spacial score (nSPS) is 18.1. The minimum absolute atomic E-state index is 0.144. The third kappa shape index (κ3) is 3.08. The number of hydrogen-bond acceptors (Lipinski definition) is 5. The molecule has 3 rings (SSSR count). The second-order valence-corrected chi connectivity index (χ2v) is 6.43. The summed E-state index contributed by atoms with van der Waals surface area (Å²) in [6.45, 7) is 3.57. The van der Waals surface area contributed by atoms with Crippen molar-refractivity contribution in [2.45, 2.75) is 32.2 Å². The van der Waals surface area contributed by atoms with Crippen molar-refractivity contribution >= 4 is 17.2 Å². The molecule has 1 atom stereocenters. The lowest BCUT2D eigenvalue weighted by Gasteiger charge is -2.24. The van der Waals surface area contributed by atoms with Crippen molar-refractivity contribution in [2.75, 3.05) is 20.1 Å². The van der Waals surface area contributed by atoms with E-state index in [0.29, 0.717) is 18.4 Å². The van der Waals surface area contributed by atoms with Gasteiger partial charge in [0.05, 0.1) is 12.1 Å². The summed E-state index contributed by atoms with van der Waals surface area (Å²) in [7, 11) is 1.93. The first-order chi connectivity index (χ1) is 10.7. The zero-order valence-electron chi connectivity index (χ0n) is 13.0. The molecule has 2 aromatic rings. The van der Waals surface area contributed by atoms with Gasteiger partial charge in [0.2, 0.25) is 11.8 Å². The van der Waals surface area contributed by atoms with E-state index < -0.39 is 0 Å². The highest BCUT2D eigenvalue weighted by molar-refractivity contribution is 7.08.